The van der Waals surface area contributed by atoms with E-state index in [2.05, 4.69) is 11.8 Å². The van der Waals surface area contributed by atoms with Gasteiger partial charge in [-0.15, -0.1) is 0 Å². The first-order valence-electron chi connectivity index (χ1n) is 26.9. The van der Waals surface area contributed by atoms with E-state index in [4.69, 9.17) is 48.2 Å². The molecule has 424 valence electrons. The molecular weight excluding hydrogens is 1040 g/mol. The predicted octanol–water partition coefficient (Wildman–Crippen LogP) is 9.56. The van der Waals surface area contributed by atoms with Gasteiger partial charge in [0.2, 0.25) is 31.6 Å². The molecule has 2 atom stereocenters. The minimum atomic E-state index is -3.73. The maximum Gasteiger partial charge on any atom is 0.410 e. The van der Waals surface area contributed by atoms with Crippen molar-refractivity contribution >= 4 is 32.2 Å². The number of hydrogen-bond donors (Lipinski definition) is 2. The summed E-state index contributed by atoms with van der Waals surface area (Å²) in [5, 5.41) is 10.3. The lowest BCUT2D eigenvalue weighted by Gasteiger charge is -2.32. The van der Waals surface area contributed by atoms with Gasteiger partial charge in [0.25, 0.3) is 0 Å². The van der Waals surface area contributed by atoms with Crippen molar-refractivity contribution in [1.29, 1.82) is 0 Å². The first kappa shape index (κ1) is 59.9. The number of nitrogens with two attached hydrogens (primary N) is 2. The molecular formula is C58H76N4O14S2. The van der Waals surface area contributed by atoms with Crippen LogP contribution in [0, 0.1) is 11.8 Å². The van der Waals surface area contributed by atoms with Crippen molar-refractivity contribution in [2.45, 2.75) is 152 Å². The molecule has 4 aliphatic rings. The highest BCUT2D eigenvalue weighted by molar-refractivity contribution is 7.89. The second kappa shape index (κ2) is 27.9. The zero-order valence-corrected chi connectivity index (χ0v) is 47.0. The molecule has 2 fully saturated rings. The summed E-state index contributed by atoms with van der Waals surface area (Å²) < 4.78 is 91.5. The zero-order chi connectivity index (χ0) is 55.8. The zero-order valence-electron chi connectivity index (χ0n) is 45.4. The Bertz CT molecular complexity index is 2960. The van der Waals surface area contributed by atoms with Crippen molar-refractivity contribution in [3.05, 3.63) is 118 Å². The molecule has 0 bridgehead atoms. The number of amides is 2. The molecule has 4 aliphatic heterocycles. The number of sulfonamides is 2. The quantitative estimate of drug-likeness (QED) is 0.0465. The maximum atomic E-state index is 12.4. The number of ether oxygens (including phenoxy) is 8. The van der Waals surface area contributed by atoms with E-state index in [0.717, 1.165) is 117 Å². The van der Waals surface area contributed by atoms with Crippen LogP contribution >= 0.6 is 0 Å². The normalized spacial score (nSPS) is 18.3. The first-order chi connectivity index (χ1) is 37.2. The van der Waals surface area contributed by atoms with E-state index in [9.17, 15) is 26.4 Å². The molecule has 4 aromatic carbocycles. The smallest absolute Gasteiger partial charge is 0.410 e. The van der Waals surface area contributed by atoms with Gasteiger partial charge in [-0.3, -0.25) is 0 Å². The largest absolute Gasteiger partial charge is 0.463 e. The van der Waals surface area contributed by atoms with Crippen LogP contribution in [0.5, 0.6) is 11.5 Å². The van der Waals surface area contributed by atoms with Gasteiger partial charge in [0.1, 0.15) is 23.7 Å². The van der Waals surface area contributed by atoms with Gasteiger partial charge >= 0.3 is 12.2 Å². The molecule has 2 amide bonds. The van der Waals surface area contributed by atoms with Gasteiger partial charge in [-0.2, -0.15) is 0 Å². The Balaban J connectivity index is 0.000000226. The molecule has 0 radical (unpaired) electrons. The number of carbonyl (C=O) groups is 2. The summed E-state index contributed by atoms with van der Waals surface area (Å²) >= 11 is 0. The highest BCUT2D eigenvalue weighted by atomic mass is 32.2. The Morgan fingerprint density at radius 3 is 1.58 bits per heavy atom. The van der Waals surface area contributed by atoms with E-state index in [1.54, 1.807) is 34.1 Å². The minimum Gasteiger partial charge on any atom is -0.463 e. The fourth-order valence-electron chi connectivity index (χ4n) is 9.22. The summed E-state index contributed by atoms with van der Waals surface area (Å²) in [6, 6.07) is 24.8. The SMILES string of the molecule is CC1(C)OCc2cc([C@@H]3CN(CCCCCCOCCC#Cc4cccc(S(N)(=O)=O)c4)C(=O)O3)ccc2O1.CC1(C)OCc2cc([C@@H]3CN(CCCCCCOCCCCc4cccc(S(N)(=O)=O)c4)C(=O)O3)ccc2O1. The fraction of sp³-hybridized carbons (Fsp3) is 0.517. The standard InChI is InChI=1S/C29H40N2O7S.C29H36N2O7S/c2*1-29(2)36-21-24-19-23(13-14-26(24)38-29)27-20-31(28(32)37-27)15-6-3-4-7-16-35-17-8-5-10-22-11-9-12-25(18-22)39(30,33)34/h9,11-14,18-19,27H,3-8,10,15-17,20-21H2,1-2H3,(H2,30,33,34);9,11-14,18-19,27H,3-4,6-8,15-17,20-21H2,1-2H3,(H2,30,33,34)/t2*27-/m00/s1. The van der Waals surface area contributed by atoms with E-state index in [-0.39, 0.29) is 34.2 Å². The van der Waals surface area contributed by atoms with Crippen molar-refractivity contribution < 1.29 is 64.3 Å². The number of hydrogen-bond acceptors (Lipinski definition) is 14. The monoisotopic (exact) mass is 1120 g/mol. The van der Waals surface area contributed by atoms with Crippen LogP contribution in [-0.4, -0.2) is 103 Å². The summed E-state index contributed by atoms with van der Waals surface area (Å²) in [4.78, 5) is 28.5. The Morgan fingerprint density at radius 1 is 0.577 bits per heavy atom. The fourth-order valence-corrected chi connectivity index (χ4v) is 10.4. The summed E-state index contributed by atoms with van der Waals surface area (Å²) in [5.74, 6) is 6.27. The Labute approximate surface area is 460 Å². The minimum absolute atomic E-state index is 0.0525. The maximum absolute atomic E-state index is 12.4. The molecule has 0 aliphatic carbocycles. The molecule has 8 rings (SSSR count). The lowest BCUT2D eigenvalue weighted by Crippen LogP contribution is -2.35. The third-order valence-corrected chi connectivity index (χ3v) is 15.3. The lowest BCUT2D eigenvalue weighted by molar-refractivity contribution is -0.180. The van der Waals surface area contributed by atoms with Crippen LogP contribution in [0.25, 0.3) is 0 Å². The number of nitrogens with zero attached hydrogens (tertiary/aromatic N) is 2. The van der Waals surface area contributed by atoms with E-state index in [1.807, 2.05) is 70.2 Å². The second-order valence-corrected chi connectivity index (χ2v) is 23.9. The van der Waals surface area contributed by atoms with Crippen molar-refractivity contribution in [3.8, 4) is 23.3 Å². The van der Waals surface area contributed by atoms with E-state index < -0.39 is 31.6 Å². The summed E-state index contributed by atoms with van der Waals surface area (Å²) in [6.07, 6.45) is 9.95. The molecule has 4 heterocycles. The van der Waals surface area contributed by atoms with Crippen LogP contribution in [-0.2, 0) is 68.1 Å². The number of unbranched alkanes of at least 4 members (excludes halogenated alkanes) is 7. The van der Waals surface area contributed by atoms with Gasteiger partial charge in [0.15, 0.2) is 0 Å². The Morgan fingerprint density at radius 2 is 1.05 bits per heavy atom. The summed E-state index contributed by atoms with van der Waals surface area (Å²) in [7, 11) is -7.39. The van der Waals surface area contributed by atoms with Gasteiger partial charge < -0.3 is 47.7 Å². The molecule has 0 aromatic heterocycles. The van der Waals surface area contributed by atoms with Crippen LogP contribution in [0.2, 0.25) is 0 Å². The molecule has 0 unspecified atom stereocenters. The first-order valence-corrected chi connectivity index (χ1v) is 30.0. The number of benzene rings is 4. The van der Waals surface area contributed by atoms with Crippen LogP contribution in [0.3, 0.4) is 0 Å². The highest BCUT2D eigenvalue weighted by Crippen LogP contribution is 2.37. The van der Waals surface area contributed by atoms with Crippen molar-refractivity contribution in [2.75, 3.05) is 52.6 Å². The number of carbonyl (C=O) groups excluding carboxylic acids is 2. The molecule has 18 nitrogen and oxygen atoms in total. The van der Waals surface area contributed by atoms with Gasteiger partial charge in [-0.25, -0.2) is 36.7 Å². The van der Waals surface area contributed by atoms with E-state index in [1.165, 1.54) is 18.2 Å². The predicted molar refractivity (Wildman–Crippen MR) is 292 cm³/mol. The van der Waals surface area contributed by atoms with Crippen LogP contribution in [0.4, 0.5) is 9.59 Å². The third kappa shape index (κ3) is 18.7. The van der Waals surface area contributed by atoms with E-state index >= 15 is 0 Å². The van der Waals surface area contributed by atoms with Crippen molar-refractivity contribution in [3.63, 3.8) is 0 Å². The number of primary sulfonamides is 2. The molecule has 0 saturated carbocycles. The molecule has 2 saturated heterocycles. The van der Waals surface area contributed by atoms with Crippen LogP contribution in [0.1, 0.15) is 144 Å². The number of fused-ring (bicyclic) bond motifs is 2. The van der Waals surface area contributed by atoms with Gasteiger partial charge in [-0.05, 0) is 116 Å². The Kier molecular flexibility index (Phi) is 21.4. The molecule has 78 heavy (non-hydrogen) atoms. The molecule has 4 N–H and O–H groups in total. The number of cyclic esters (lactones) is 2. The van der Waals surface area contributed by atoms with E-state index in [0.29, 0.717) is 71.2 Å². The van der Waals surface area contributed by atoms with Crippen molar-refractivity contribution in [2.24, 2.45) is 10.3 Å². The van der Waals surface area contributed by atoms with Gasteiger partial charge in [-0.1, -0.05) is 67.9 Å². The topological polar surface area (TPSA) is 235 Å². The van der Waals surface area contributed by atoms with Crippen molar-refractivity contribution in [1.82, 2.24) is 9.80 Å². The van der Waals surface area contributed by atoms with Gasteiger partial charge in [0.05, 0.1) is 42.7 Å². The number of rotatable bonds is 25. The van der Waals surface area contributed by atoms with Gasteiger partial charge in [0, 0.05) is 83.7 Å². The average molecular weight is 1120 g/mol. The van der Waals surface area contributed by atoms with Crippen LogP contribution < -0.4 is 19.8 Å². The molecule has 4 aromatic rings. The average Bonchev–Trinajstić information content (AvgIpc) is 4.00. The highest BCUT2D eigenvalue weighted by Gasteiger charge is 2.35. The Hall–Kier alpha value is -5.76. The summed E-state index contributed by atoms with van der Waals surface area (Å²) in [5.41, 5.74) is 5.42. The third-order valence-electron chi connectivity index (χ3n) is 13.5. The molecule has 0 spiro atoms. The molecule has 20 heteroatoms. The van der Waals surface area contributed by atoms with Crippen LogP contribution in [0.15, 0.2) is 94.7 Å². The summed E-state index contributed by atoms with van der Waals surface area (Å²) in [6.45, 7) is 13.5. The lowest BCUT2D eigenvalue weighted by atomic mass is 10.0. The number of aryl methyl sites for hydroxylation is 1. The second-order valence-electron chi connectivity index (χ2n) is 20.8.